The molecular formula is C14H28MgN4NaO14P. The average Bonchev–Trinajstić information content (AvgIpc) is 2.69. The van der Waals surface area contributed by atoms with E-state index in [0.29, 0.717) is 0 Å². The van der Waals surface area contributed by atoms with Crippen LogP contribution in [0.3, 0.4) is 0 Å². The molecule has 0 rings (SSSR count). The number of rotatable bonds is 12. The first-order valence-corrected chi connectivity index (χ1v) is 10.2. The van der Waals surface area contributed by atoms with Gasteiger partial charge >= 0.3 is 84.3 Å². The van der Waals surface area contributed by atoms with Gasteiger partial charge in [-0.25, -0.2) is 18.9 Å². The first-order chi connectivity index (χ1) is 15.0. The molecule has 0 bridgehead atoms. The summed E-state index contributed by atoms with van der Waals surface area (Å²) >= 11 is 0. The molecule has 21 heteroatoms. The minimum absolute atomic E-state index is 0. The zero-order valence-corrected chi connectivity index (χ0v) is 17.9. The van der Waals surface area contributed by atoms with Crippen molar-refractivity contribution in [1.29, 1.82) is 5.41 Å². The first-order valence-electron chi connectivity index (χ1n) is 8.69. The van der Waals surface area contributed by atoms with Gasteiger partial charge < -0.3 is 55.7 Å². The Morgan fingerprint density at radius 1 is 1.03 bits per heavy atom. The second kappa shape index (κ2) is 17.5. The Balaban J connectivity index is -0.00000512. The molecule has 35 heavy (non-hydrogen) atoms. The van der Waals surface area contributed by atoms with E-state index in [1.54, 1.807) is 0 Å². The number of hydrogen-bond donors (Lipinski definition) is 9. The van der Waals surface area contributed by atoms with Crippen molar-refractivity contribution in [1.82, 2.24) is 4.90 Å². The number of phosphoric ester groups is 1. The van der Waals surface area contributed by atoms with Crippen molar-refractivity contribution in [2.24, 2.45) is 11.5 Å². The third kappa shape index (κ3) is 14.4. The van der Waals surface area contributed by atoms with E-state index in [4.69, 9.17) is 27.1 Å². The average molecular weight is 555 g/mol. The minimum atomic E-state index is -5.35. The molecule has 196 valence electrons. The Bertz CT molecular complexity index is 807. The van der Waals surface area contributed by atoms with Crippen molar-refractivity contribution in [2.75, 3.05) is 20.2 Å². The molecule has 0 aromatic rings. The number of carbonyl (C=O) groups is 4. The van der Waals surface area contributed by atoms with Gasteiger partial charge in [-0.3, -0.25) is 15.1 Å². The summed E-state index contributed by atoms with van der Waals surface area (Å²) in [7, 11) is -4.18. The van der Waals surface area contributed by atoms with Crippen LogP contribution in [0.1, 0.15) is 6.42 Å². The number of ether oxygens (including phenoxy) is 1. The number of guanidine groups is 1. The van der Waals surface area contributed by atoms with E-state index in [0.717, 1.165) is 4.90 Å². The van der Waals surface area contributed by atoms with Crippen LogP contribution in [-0.4, -0.2) is 168 Å². The van der Waals surface area contributed by atoms with E-state index in [2.05, 4.69) is 13.8 Å². The van der Waals surface area contributed by atoms with Crippen LogP contribution in [-0.2, 0) is 37.5 Å². The van der Waals surface area contributed by atoms with Gasteiger partial charge in [-0.1, -0.05) is 0 Å². The molecule has 0 aromatic heterocycles. The topological polar surface area (TPSA) is 314 Å². The number of hydrogen-bond acceptors (Lipinski definition) is 15. The molecule has 0 radical (unpaired) electrons. The van der Waals surface area contributed by atoms with E-state index in [1.165, 1.54) is 7.05 Å². The van der Waals surface area contributed by atoms with Crippen LogP contribution in [0.4, 0.5) is 0 Å². The van der Waals surface area contributed by atoms with Gasteiger partial charge in [-0.15, -0.1) is 0 Å². The number of esters is 2. The Hall–Kier alpha value is -0.934. The van der Waals surface area contributed by atoms with Gasteiger partial charge in [0.15, 0.2) is 12.1 Å². The molecular weight excluding hydrogens is 526 g/mol. The van der Waals surface area contributed by atoms with Gasteiger partial charge in [0.2, 0.25) is 0 Å². The first kappa shape index (κ1) is 38.6. The number of nitrogens with one attached hydrogen (secondary N) is 1. The third-order valence-corrected chi connectivity index (χ3v) is 4.44. The molecule has 0 spiro atoms. The van der Waals surface area contributed by atoms with Gasteiger partial charge in [0.1, 0.15) is 30.9 Å². The van der Waals surface area contributed by atoms with Crippen LogP contribution in [0.25, 0.3) is 0 Å². The summed E-state index contributed by atoms with van der Waals surface area (Å²) in [5, 5.41) is 53.3. The maximum atomic E-state index is 11.7. The second-order valence-electron chi connectivity index (χ2n) is 6.36. The molecule has 0 aliphatic rings. The maximum absolute atomic E-state index is 11.7. The molecule has 0 saturated carbocycles. The van der Waals surface area contributed by atoms with Gasteiger partial charge in [-0.05, 0) is 0 Å². The van der Waals surface area contributed by atoms with Gasteiger partial charge in [0.25, 0.3) is 0 Å². The zero-order chi connectivity index (χ0) is 26.1. The quantitative estimate of drug-likeness (QED) is 0.0270. The monoisotopic (exact) mass is 554 g/mol. The van der Waals surface area contributed by atoms with E-state index in [9.17, 15) is 44.0 Å². The predicted octanol–water partition coefficient (Wildman–Crippen LogP) is -7.34. The SMILES string of the molecule is CN(CC(=O)OP(=O)(O)OC(=O)C(N)CC(=O)OC(=O)[C@H](O)[C@@H](O)[C@H](O)[C@H](O)CO)C(=N)N.[MgH2].[NaH]. The van der Waals surface area contributed by atoms with Crippen molar-refractivity contribution in [3.05, 3.63) is 0 Å². The molecule has 0 aliphatic carbocycles. The molecule has 18 nitrogen and oxygen atoms in total. The summed E-state index contributed by atoms with van der Waals surface area (Å²) in [6.45, 7) is -1.79. The summed E-state index contributed by atoms with van der Waals surface area (Å²) in [4.78, 5) is 56.7. The number of phosphoric acid groups is 1. The number of nitrogens with zero attached hydrogens (tertiary/aromatic N) is 1. The Kier molecular flexibility index (Phi) is 19.3. The summed E-state index contributed by atoms with van der Waals surface area (Å²) in [6, 6.07) is -2.02. The molecule has 0 aromatic carbocycles. The number of carbonyl (C=O) groups excluding carboxylic acids is 4. The predicted molar refractivity (Wildman–Crippen MR) is 117 cm³/mol. The molecule has 0 fully saturated rings. The number of likely N-dealkylation sites (N-methyl/N-ethyl adjacent to an activating group) is 1. The van der Waals surface area contributed by atoms with Crippen molar-refractivity contribution >= 4 is 90.3 Å². The van der Waals surface area contributed by atoms with Crippen molar-refractivity contribution < 1.29 is 68.0 Å². The van der Waals surface area contributed by atoms with Crippen LogP contribution in [0.15, 0.2) is 0 Å². The molecule has 11 N–H and O–H groups in total. The summed E-state index contributed by atoms with van der Waals surface area (Å²) in [5.41, 5.74) is 10.3. The van der Waals surface area contributed by atoms with E-state index >= 15 is 0 Å². The zero-order valence-electron chi connectivity index (χ0n) is 17.0. The normalized spacial score (nSPS) is 16.3. The van der Waals surface area contributed by atoms with Gasteiger partial charge in [0.05, 0.1) is 13.0 Å². The third-order valence-electron chi connectivity index (χ3n) is 3.60. The Morgan fingerprint density at radius 2 is 1.54 bits per heavy atom. The Morgan fingerprint density at radius 3 is 2.00 bits per heavy atom. The van der Waals surface area contributed by atoms with E-state index in [1.807, 2.05) is 0 Å². The number of aliphatic hydroxyl groups is 5. The molecule has 0 heterocycles. The molecule has 2 unspecified atom stereocenters. The van der Waals surface area contributed by atoms with Crippen molar-refractivity contribution in [3.8, 4) is 0 Å². The molecule has 0 amide bonds. The number of nitrogens with two attached hydrogens (primary N) is 2. The van der Waals surface area contributed by atoms with Crippen LogP contribution < -0.4 is 11.5 Å². The second-order valence-corrected chi connectivity index (χ2v) is 7.67. The molecule has 6 atom stereocenters. The Labute approximate surface area is 236 Å². The van der Waals surface area contributed by atoms with Gasteiger partial charge in [0, 0.05) is 7.05 Å². The fourth-order valence-corrected chi connectivity index (χ4v) is 2.49. The van der Waals surface area contributed by atoms with Crippen molar-refractivity contribution in [3.63, 3.8) is 0 Å². The standard InChI is InChI=1S/C14H25N4O14P.Mg.Na.3H/c1-18(14(16)17)3-8(22)31-33(28,29)32-12(26)5(15)2-7(21)30-13(27)11(25)10(24)9(23)6(20)4-19;;;;;/h5-6,9-11,19-20,23-25H,2-4,15H2,1H3,(H3,16,17)(H,28,29);;;;;/t5?,6-,9-,10+,11-;;;;;/m1...../s1. The van der Waals surface area contributed by atoms with E-state index in [-0.39, 0.29) is 52.6 Å². The van der Waals surface area contributed by atoms with Gasteiger partial charge in [-0.2, -0.15) is 0 Å². The summed E-state index contributed by atoms with van der Waals surface area (Å²) in [6.07, 6.45) is -10.2. The van der Waals surface area contributed by atoms with Crippen LogP contribution in [0.5, 0.6) is 0 Å². The van der Waals surface area contributed by atoms with Crippen LogP contribution in [0, 0.1) is 5.41 Å². The molecule has 0 saturated heterocycles. The fraction of sp³-hybridized carbons (Fsp3) is 0.643. The van der Waals surface area contributed by atoms with Crippen LogP contribution >= 0.6 is 7.82 Å². The number of aliphatic hydroxyl groups excluding tert-OH is 5. The summed E-state index contributed by atoms with van der Waals surface area (Å²) in [5.74, 6) is -7.14. The fourth-order valence-electron chi connectivity index (χ4n) is 1.78. The molecule has 0 aliphatic heterocycles. The van der Waals surface area contributed by atoms with Crippen LogP contribution in [0.2, 0.25) is 0 Å². The van der Waals surface area contributed by atoms with Crippen molar-refractivity contribution in [2.45, 2.75) is 36.9 Å². The summed E-state index contributed by atoms with van der Waals surface area (Å²) < 4.78 is 23.8. The van der Waals surface area contributed by atoms with E-state index < -0.39 is 87.7 Å².